The van der Waals surface area contributed by atoms with Gasteiger partial charge in [0.2, 0.25) is 0 Å². The third kappa shape index (κ3) is 1.81. The Morgan fingerprint density at radius 1 is 1.26 bits per heavy atom. The van der Waals surface area contributed by atoms with Crippen molar-refractivity contribution in [2.75, 3.05) is 0 Å². The van der Waals surface area contributed by atoms with Crippen molar-refractivity contribution in [2.45, 2.75) is 58.8 Å². The predicted molar refractivity (Wildman–Crippen MR) is 81.5 cm³/mol. The van der Waals surface area contributed by atoms with E-state index < -0.39 is 0 Å². The lowest BCUT2D eigenvalue weighted by molar-refractivity contribution is 0.0347. The second kappa shape index (κ2) is 4.26. The summed E-state index contributed by atoms with van der Waals surface area (Å²) in [4.78, 5) is 0. The Kier molecular flexibility index (Phi) is 2.92. The zero-order valence-corrected chi connectivity index (χ0v) is 12.5. The Balaban J connectivity index is 2.07. The molecule has 0 radical (unpaired) electrons. The molecule has 0 aromatic heterocycles. The van der Waals surface area contributed by atoms with Gasteiger partial charge in [-0.05, 0) is 66.9 Å². The maximum atomic E-state index is 6.13. The van der Waals surface area contributed by atoms with Crippen LogP contribution in [0.4, 0.5) is 0 Å². The quantitative estimate of drug-likeness (QED) is 0.676. The molecule has 0 saturated heterocycles. The van der Waals surface area contributed by atoms with Crippen LogP contribution in [0.2, 0.25) is 0 Å². The van der Waals surface area contributed by atoms with Gasteiger partial charge in [-0.25, -0.2) is 0 Å². The van der Waals surface area contributed by atoms with E-state index in [2.05, 4.69) is 32.6 Å². The molecule has 0 spiro atoms. The lowest BCUT2D eigenvalue weighted by Gasteiger charge is -2.55. The van der Waals surface area contributed by atoms with Crippen LogP contribution in [0, 0.1) is 16.7 Å². The van der Waals surface area contributed by atoms with E-state index in [-0.39, 0.29) is 0 Å². The molecule has 0 bridgehead atoms. The SMILES string of the molecule is C=C[C@@]1(C)CCCC2(C)C3=C(CCC(N)=C3)CCC21. The number of hydrogen-bond acceptors (Lipinski definition) is 1. The standard InChI is InChI=1S/C18H27N/c1-4-17(2)10-5-11-18(3)15-12-14(19)8-6-13(15)7-9-16(17)18/h4,12,16H,1,5-11,19H2,2-3H3/t16?,17-,18?/m0/s1. The maximum Gasteiger partial charge on any atom is 0.00866 e. The van der Waals surface area contributed by atoms with E-state index in [1.54, 1.807) is 11.1 Å². The summed E-state index contributed by atoms with van der Waals surface area (Å²) < 4.78 is 0. The van der Waals surface area contributed by atoms with Crippen molar-refractivity contribution < 1.29 is 0 Å². The summed E-state index contributed by atoms with van der Waals surface area (Å²) >= 11 is 0. The van der Waals surface area contributed by atoms with Crippen molar-refractivity contribution in [1.82, 2.24) is 0 Å². The topological polar surface area (TPSA) is 26.0 Å². The van der Waals surface area contributed by atoms with Gasteiger partial charge in [0.25, 0.3) is 0 Å². The van der Waals surface area contributed by atoms with Gasteiger partial charge in [-0.3, -0.25) is 0 Å². The van der Waals surface area contributed by atoms with Crippen LogP contribution < -0.4 is 5.73 Å². The average Bonchev–Trinajstić information content (AvgIpc) is 2.39. The van der Waals surface area contributed by atoms with Crippen molar-refractivity contribution in [2.24, 2.45) is 22.5 Å². The van der Waals surface area contributed by atoms with Gasteiger partial charge in [-0.2, -0.15) is 0 Å². The minimum atomic E-state index is 0.311. The fourth-order valence-electron chi connectivity index (χ4n) is 5.06. The normalized spacial score (nSPS) is 42.2. The molecule has 19 heavy (non-hydrogen) atoms. The Bertz CT molecular complexity index is 470. The van der Waals surface area contributed by atoms with Gasteiger partial charge >= 0.3 is 0 Å². The number of hydrogen-bond donors (Lipinski definition) is 1. The van der Waals surface area contributed by atoms with Crippen LogP contribution in [0.5, 0.6) is 0 Å². The molecule has 2 N–H and O–H groups in total. The fourth-order valence-corrected chi connectivity index (χ4v) is 5.06. The van der Waals surface area contributed by atoms with Crippen molar-refractivity contribution in [3.8, 4) is 0 Å². The van der Waals surface area contributed by atoms with E-state index in [4.69, 9.17) is 5.73 Å². The van der Waals surface area contributed by atoms with Crippen molar-refractivity contribution in [1.29, 1.82) is 0 Å². The van der Waals surface area contributed by atoms with Crippen LogP contribution in [0.1, 0.15) is 58.8 Å². The largest absolute Gasteiger partial charge is 0.402 e. The van der Waals surface area contributed by atoms with E-state index in [0.29, 0.717) is 10.8 Å². The molecule has 0 aromatic rings. The molecule has 3 atom stereocenters. The summed E-state index contributed by atoms with van der Waals surface area (Å²) in [6.07, 6.45) is 13.4. The predicted octanol–water partition coefficient (Wildman–Crippen LogP) is 4.71. The van der Waals surface area contributed by atoms with Crippen LogP contribution in [0.3, 0.4) is 0 Å². The van der Waals surface area contributed by atoms with E-state index in [9.17, 15) is 0 Å². The highest BCUT2D eigenvalue weighted by atomic mass is 14.6. The third-order valence-electron chi connectivity index (χ3n) is 6.22. The fraction of sp³-hybridized carbons (Fsp3) is 0.667. The van der Waals surface area contributed by atoms with E-state index in [0.717, 1.165) is 18.0 Å². The zero-order chi connectivity index (χ0) is 13.7. The lowest BCUT2D eigenvalue weighted by Crippen LogP contribution is -2.46. The summed E-state index contributed by atoms with van der Waals surface area (Å²) in [5, 5.41) is 0. The summed E-state index contributed by atoms with van der Waals surface area (Å²) in [6.45, 7) is 9.05. The number of nitrogens with two attached hydrogens (primary N) is 1. The lowest BCUT2D eigenvalue weighted by atomic mass is 9.49. The summed E-state index contributed by atoms with van der Waals surface area (Å²) in [5.41, 5.74) is 11.2. The van der Waals surface area contributed by atoms with E-state index in [1.165, 1.54) is 38.5 Å². The molecular formula is C18H27N. The van der Waals surface area contributed by atoms with Crippen LogP contribution in [-0.4, -0.2) is 0 Å². The summed E-state index contributed by atoms with van der Waals surface area (Å²) in [7, 11) is 0. The summed E-state index contributed by atoms with van der Waals surface area (Å²) in [6, 6.07) is 0. The van der Waals surface area contributed by atoms with Gasteiger partial charge in [0.1, 0.15) is 0 Å². The Hall–Kier alpha value is -0.980. The van der Waals surface area contributed by atoms with Crippen molar-refractivity contribution >= 4 is 0 Å². The molecule has 3 aliphatic carbocycles. The molecule has 1 fully saturated rings. The van der Waals surface area contributed by atoms with E-state index >= 15 is 0 Å². The highest BCUT2D eigenvalue weighted by Gasteiger charge is 2.51. The highest BCUT2D eigenvalue weighted by molar-refractivity contribution is 5.41. The Morgan fingerprint density at radius 2 is 2.05 bits per heavy atom. The second-order valence-electron chi connectivity index (χ2n) is 7.31. The minimum absolute atomic E-state index is 0.311. The van der Waals surface area contributed by atoms with Crippen LogP contribution in [0.25, 0.3) is 0 Å². The maximum absolute atomic E-state index is 6.13. The van der Waals surface area contributed by atoms with Gasteiger partial charge in [0, 0.05) is 5.70 Å². The molecule has 0 aliphatic heterocycles. The molecule has 1 nitrogen and oxygen atoms in total. The molecule has 3 rings (SSSR count). The van der Waals surface area contributed by atoms with Crippen molar-refractivity contribution in [3.63, 3.8) is 0 Å². The first-order chi connectivity index (χ1) is 8.99. The molecule has 1 saturated carbocycles. The molecular weight excluding hydrogens is 230 g/mol. The first kappa shape index (κ1) is 13.0. The van der Waals surface area contributed by atoms with Crippen LogP contribution in [-0.2, 0) is 0 Å². The zero-order valence-electron chi connectivity index (χ0n) is 12.5. The Labute approximate surface area is 117 Å². The third-order valence-corrected chi connectivity index (χ3v) is 6.22. The Morgan fingerprint density at radius 3 is 2.79 bits per heavy atom. The smallest absolute Gasteiger partial charge is 0.00866 e. The molecule has 0 aromatic carbocycles. The molecule has 0 heterocycles. The highest BCUT2D eigenvalue weighted by Crippen LogP contribution is 2.61. The van der Waals surface area contributed by atoms with E-state index in [1.807, 2.05) is 0 Å². The van der Waals surface area contributed by atoms with Crippen LogP contribution >= 0.6 is 0 Å². The molecule has 3 aliphatic rings. The minimum Gasteiger partial charge on any atom is -0.402 e. The van der Waals surface area contributed by atoms with Crippen LogP contribution in [0.15, 0.2) is 35.6 Å². The number of fused-ring (bicyclic) bond motifs is 2. The molecule has 104 valence electrons. The molecule has 2 unspecified atom stereocenters. The first-order valence-corrected chi connectivity index (χ1v) is 7.82. The van der Waals surface area contributed by atoms with Gasteiger partial charge in [0.15, 0.2) is 0 Å². The van der Waals surface area contributed by atoms with Gasteiger partial charge in [0.05, 0.1) is 0 Å². The summed E-state index contributed by atoms with van der Waals surface area (Å²) in [5.74, 6) is 0.743. The number of rotatable bonds is 1. The molecule has 0 amide bonds. The average molecular weight is 257 g/mol. The van der Waals surface area contributed by atoms with Gasteiger partial charge in [-0.15, -0.1) is 6.58 Å². The van der Waals surface area contributed by atoms with Gasteiger partial charge in [-0.1, -0.05) is 31.9 Å². The van der Waals surface area contributed by atoms with Crippen molar-refractivity contribution in [3.05, 3.63) is 35.6 Å². The molecule has 1 heteroatoms. The first-order valence-electron chi connectivity index (χ1n) is 7.82. The second-order valence-corrected chi connectivity index (χ2v) is 7.31. The van der Waals surface area contributed by atoms with Gasteiger partial charge < -0.3 is 5.73 Å². The monoisotopic (exact) mass is 257 g/mol. The number of allylic oxidation sites excluding steroid dienone is 5.